The van der Waals surface area contributed by atoms with Gasteiger partial charge >= 0.3 is 0 Å². The fourth-order valence-corrected chi connectivity index (χ4v) is 2.55. The summed E-state index contributed by atoms with van der Waals surface area (Å²) in [7, 11) is 0. The van der Waals surface area contributed by atoms with E-state index in [2.05, 4.69) is 47.5 Å². The highest BCUT2D eigenvalue weighted by Gasteiger charge is 2.21. The average Bonchev–Trinajstić information content (AvgIpc) is 2.78. The van der Waals surface area contributed by atoms with Crippen LogP contribution in [0.5, 0.6) is 0 Å². The van der Waals surface area contributed by atoms with Crippen molar-refractivity contribution in [2.45, 2.75) is 32.2 Å². The van der Waals surface area contributed by atoms with Crippen LogP contribution in [0.3, 0.4) is 0 Å². The van der Waals surface area contributed by atoms with E-state index in [-0.39, 0.29) is 0 Å². The molecule has 1 saturated heterocycles. The molecule has 1 heterocycles. The van der Waals surface area contributed by atoms with E-state index in [1.165, 1.54) is 38.0 Å². The molecule has 0 aliphatic carbocycles. The van der Waals surface area contributed by atoms with Gasteiger partial charge in [-0.2, -0.15) is 0 Å². The zero-order valence-electron chi connectivity index (χ0n) is 10.2. The van der Waals surface area contributed by atoms with Gasteiger partial charge in [0.25, 0.3) is 0 Å². The minimum atomic E-state index is 0.831. The molecule has 0 amide bonds. The third-order valence-corrected chi connectivity index (χ3v) is 3.47. The van der Waals surface area contributed by atoms with Gasteiger partial charge in [-0.3, -0.25) is 4.90 Å². The molecule has 2 nitrogen and oxygen atoms in total. The number of nitrogens with one attached hydrogen (secondary N) is 1. The van der Waals surface area contributed by atoms with Crippen molar-refractivity contribution in [2.24, 2.45) is 0 Å². The number of anilines is 1. The zero-order chi connectivity index (χ0) is 11.2. The van der Waals surface area contributed by atoms with E-state index in [0.717, 1.165) is 12.6 Å². The Kier molecular flexibility index (Phi) is 4.23. The Bertz CT molecular complexity index is 297. The summed E-state index contributed by atoms with van der Waals surface area (Å²) < 4.78 is 0. The second-order valence-corrected chi connectivity index (χ2v) is 4.53. The van der Waals surface area contributed by atoms with Gasteiger partial charge in [-0.15, -0.1) is 0 Å². The lowest BCUT2D eigenvalue weighted by Gasteiger charge is -2.23. The average molecular weight is 218 g/mol. The van der Waals surface area contributed by atoms with Crippen molar-refractivity contribution in [3.8, 4) is 0 Å². The lowest BCUT2D eigenvalue weighted by atomic mass is 10.2. The van der Waals surface area contributed by atoms with Gasteiger partial charge in [0, 0.05) is 24.8 Å². The molecular formula is C14H22N2. The number of likely N-dealkylation sites (tertiary alicyclic amines) is 1. The van der Waals surface area contributed by atoms with E-state index in [9.17, 15) is 0 Å². The van der Waals surface area contributed by atoms with Crippen molar-refractivity contribution in [2.75, 3.05) is 25.0 Å². The Hall–Kier alpha value is -1.02. The fraction of sp³-hybridized carbons (Fsp3) is 0.571. The first-order valence-corrected chi connectivity index (χ1v) is 6.43. The summed E-state index contributed by atoms with van der Waals surface area (Å²) in [6, 6.07) is 11.3. The van der Waals surface area contributed by atoms with E-state index in [0.29, 0.717) is 0 Å². The van der Waals surface area contributed by atoms with Crippen molar-refractivity contribution in [3.05, 3.63) is 30.3 Å². The predicted octanol–water partition coefficient (Wildman–Crippen LogP) is 2.97. The molecule has 0 saturated carbocycles. The fourth-order valence-electron chi connectivity index (χ4n) is 2.55. The molecule has 1 aromatic rings. The SMILES string of the molecule is CCC1CCCN1CCNc1ccccc1. The Labute approximate surface area is 98.7 Å². The van der Waals surface area contributed by atoms with Crippen LogP contribution in [0.25, 0.3) is 0 Å². The van der Waals surface area contributed by atoms with Crippen LogP contribution in [-0.2, 0) is 0 Å². The first-order chi connectivity index (χ1) is 7.90. The highest BCUT2D eigenvalue weighted by atomic mass is 15.2. The van der Waals surface area contributed by atoms with E-state index >= 15 is 0 Å². The Balaban J connectivity index is 1.72. The van der Waals surface area contributed by atoms with Crippen molar-refractivity contribution in [1.29, 1.82) is 0 Å². The summed E-state index contributed by atoms with van der Waals surface area (Å²) in [5, 5.41) is 3.47. The Morgan fingerprint density at radius 2 is 2.12 bits per heavy atom. The highest BCUT2D eigenvalue weighted by molar-refractivity contribution is 5.42. The molecule has 16 heavy (non-hydrogen) atoms. The number of rotatable bonds is 5. The van der Waals surface area contributed by atoms with Gasteiger partial charge in [-0.05, 0) is 37.9 Å². The number of hydrogen-bond donors (Lipinski definition) is 1. The predicted molar refractivity (Wildman–Crippen MR) is 69.8 cm³/mol. The lowest BCUT2D eigenvalue weighted by molar-refractivity contribution is 0.258. The van der Waals surface area contributed by atoms with Crippen LogP contribution in [0.2, 0.25) is 0 Å². The van der Waals surface area contributed by atoms with Gasteiger partial charge in [0.1, 0.15) is 0 Å². The third kappa shape index (κ3) is 2.99. The van der Waals surface area contributed by atoms with Crippen LogP contribution in [-0.4, -0.2) is 30.6 Å². The van der Waals surface area contributed by atoms with Crippen LogP contribution < -0.4 is 5.32 Å². The Morgan fingerprint density at radius 3 is 2.88 bits per heavy atom. The summed E-state index contributed by atoms with van der Waals surface area (Å²) in [5.74, 6) is 0. The van der Waals surface area contributed by atoms with Crippen molar-refractivity contribution in [3.63, 3.8) is 0 Å². The van der Waals surface area contributed by atoms with E-state index in [1.807, 2.05) is 0 Å². The minimum absolute atomic E-state index is 0.831. The molecule has 1 aliphatic heterocycles. The minimum Gasteiger partial charge on any atom is -0.384 e. The van der Waals surface area contributed by atoms with Gasteiger partial charge in [0.15, 0.2) is 0 Å². The molecule has 1 N–H and O–H groups in total. The van der Waals surface area contributed by atoms with Crippen LogP contribution in [0.1, 0.15) is 26.2 Å². The monoisotopic (exact) mass is 218 g/mol. The summed E-state index contributed by atoms with van der Waals surface area (Å²) >= 11 is 0. The molecule has 0 radical (unpaired) electrons. The largest absolute Gasteiger partial charge is 0.384 e. The first kappa shape index (κ1) is 11.5. The van der Waals surface area contributed by atoms with Crippen LogP contribution in [0.15, 0.2) is 30.3 Å². The maximum atomic E-state index is 3.47. The molecule has 2 rings (SSSR count). The van der Waals surface area contributed by atoms with Crippen LogP contribution >= 0.6 is 0 Å². The molecule has 1 fully saturated rings. The van der Waals surface area contributed by atoms with Crippen LogP contribution in [0.4, 0.5) is 5.69 Å². The van der Waals surface area contributed by atoms with E-state index < -0.39 is 0 Å². The van der Waals surface area contributed by atoms with Crippen molar-refractivity contribution < 1.29 is 0 Å². The third-order valence-electron chi connectivity index (χ3n) is 3.47. The van der Waals surface area contributed by atoms with E-state index in [1.54, 1.807) is 0 Å². The topological polar surface area (TPSA) is 15.3 Å². The Morgan fingerprint density at radius 1 is 1.31 bits per heavy atom. The summed E-state index contributed by atoms with van der Waals surface area (Å²) in [5.41, 5.74) is 1.23. The van der Waals surface area contributed by atoms with E-state index in [4.69, 9.17) is 0 Å². The quantitative estimate of drug-likeness (QED) is 0.817. The van der Waals surface area contributed by atoms with Crippen molar-refractivity contribution in [1.82, 2.24) is 4.90 Å². The second-order valence-electron chi connectivity index (χ2n) is 4.53. The van der Waals surface area contributed by atoms with Gasteiger partial charge in [-0.1, -0.05) is 25.1 Å². The van der Waals surface area contributed by atoms with Gasteiger partial charge in [0.05, 0.1) is 0 Å². The molecule has 1 aliphatic rings. The number of nitrogens with zero attached hydrogens (tertiary/aromatic N) is 1. The molecule has 88 valence electrons. The molecule has 2 heteroatoms. The molecule has 0 aromatic heterocycles. The summed E-state index contributed by atoms with van der Waals surface area (Å²) in [6.45, 7) is 5.82. The molecular weight excluding hydrogens is 196 g/mol. The molecule has 1 unspecified atom stereocenters. The standard InChI is InChI=1S/C14H22N2/c1-2-14-9-6-11-16(14)12-10-15-13-7-4-3-5-8-13/h3-5,7-8,14-15H,2,6,9-12H2,1H3. The smallest absolute Gasteiger partial charge is 0.0340 e. The summed E-state index contributed by atoms with van der Waals surface area (Å²) in [4.78, 5) is 2.62. The van der Waals surface area contributed by atoms with Crippen LogP contribution in [0, 0.1) is 0 Å². The lowest BCUT2D eigenvalue weighted by Crippen LogP contribution is -2.33. The van der Waals surface area contributed by atoms with Gasteiger partial charge in [-0.25, -0.2) is 0 Å². The summed E-state index contributed by atoms with van der Waals surface area (Å²) in [6.07, 6.45) is 4.07. The normalized spacial score (nSPS) is 21.2. The maximum Gasteiger partial charge on any atom is 0.0340 e. The van der Waals surface area contributed by atoms with Crippen molar-refractivity contribution >= 4 is 5.69 Å². The first-order valence-electron chi connectivity index (χ1n) is 6.43. The molecule has 0 bridgehead atoms. The zero-order valence-corrected chi connectivity index (χ0v) is 10.2. The maximum absolute atomic E-state index is 3.47. The highest BCUT2D eigenvalue weighted by Crippen LogP contribution is 2.19. The molecule has 1 aromatic carbocycles. The number of benzene rings is 1. The number of hydrogen-bond acceptors (Lipinski definition) is 2. The van der Waals surface area contributed by atoms with Gasteiger partial charge in [0.2, 0.25) is 0 Å². The molecule has 0 spiro atoms. The van der Waals surface area contributed by atoms with Gasteiger partial charge < -0.3 is 5.32 Å². The number of para-hydroxylation sites is 1. The molecule has 1 atom stereocenters. The second kappa shape index (κ2) is 5.90.